The fraction of sp³-hybridized carbons (Fsp3) is 0.0286. The summed E-state index contributed by atoms with van der Waals surface area (Å²) >= 11 is 0. The highest BCUT2D eigenvalue weighted by Gasteiger charge is 2.15. The van der Waals surface area contributed by atoms with Crippen molar-refractivity contribution in [1.29, 1.82) is 0 Å². The van der Waals surface area contributed by atoms with Crippen LogP contribution in [0.25, 0.3) is 44.2 Å². The smallest absolute Gasteiger partial charge is 0.335 e. The molecule has 0 amide bonds. The number of aromatic nitrogens is 4. The number of hydrogen-bond donors (Lipinski definition) is 3. The van der Waals surface area contributed by atoms with Crippen LogP contribution in [0.1, 0.15) is 31.8 Å². The highest BCUT2D eigenvalue weighted by molar-refractivity contribution is 6.21. The van der Waals surface area contributed by atoms with Gasteiger partial charge in [-0.2, -0.15) is 0 Å². The van der Waals surface area contributed by atoms with Crippen molar-refractivity contribution in [3.05, 3.63) is 126 Å². The number of carboxylic acid groups (broad SMARTS) is 2. The molecule has 0 aliphatic heterocycles. The van der Waals surface area contributed by atoms with Gasteiger partial charge >= 0.3 is 11.9 Å². The summed E-state index contributed by atoms with van der Waals surface area (Å²) in [4.78, 5) is 44.5. The summed E-state index contributed by atoms with van der Waals surface area (Å²) in [6, 6.07) is 26.8. The molecule has 0 fully saturated rings. The van der Waals surface area contributed by atoms with Crippen LogP contribution < -0.4 is 4.74 Å². The third kappa shape index (κ3) is 5.43. The molecule has 3 aromatic heterocycles. The second-order valence-corrected chi connectivity index (χ2v) is 10.3. The van der Waals surface area contributed by atoms with Crippen LogP contribution >= 0.6 is 0 Å². The van der Waals surface area contributed by atoms with E-state index in [1.807, 2.05) is 72.8 Å². The highest BCUT2D eigenvalue weighted by atomic mass is 16.5. The van der Waals surface area contributed by atoms with E-state index < -0.39 is 11.9 Å². The number of ether oxygens (including phenoxy) is 1. The number of nitrogens with one attached hydrogen (secondary N) is 1. The van der Waals surface area contributed by atoms with E-state index in [-0.39, 0.29) is 16.8 Å². The maximum absolute atomic E-state index is 11.3. The lowest BCUT2D eigenvalue weighted by atomic mass is 10.1. The van der Waals surface area contributed by atoms with Crippen LogP contribution in [-0.2, 0) is 6.61 Å². The van der Waals surface area contributed by atoms with E-state index in [9.17, 15) is 19.8 Å². The molecule has 7 rings (SSSR count). The Hall–Kier alpha value is -6.42. The monoisotopic (exact) mass is 593 g/mol. The Bertz CT molecular complexity index is 2170. The molecule has 3 heterocycles. The third-order valence-corrected chi connectivity index (χ3v) is 7.36. The Morgan fingerprint density at radius 3 is 2.09 bits per heavy atom. The van der Waals surface area contributed by atoms with E-state index in [1.54, 1.807) is 18.6 Å². The number of hydrogen-bond acceptors (Lipinski definition) is 7. The number of aromatic carboxylic acids is 2. The van der Waals surface area contributed by atoms with Gasteiger partial charge in [0.2, 0.25) is 0 Å². The van der Waals surface area contributed by atoms with Crippen molar-refractivity contribution in [1.82, 2.24) is 19.9 Å². The SMILES string of the molecule is O=C(O)c1cc(N=Cc2ccc(COc3ccc(-c4nc5c6cccnc6c6ncccc6c5[nH]4)cc3)cc2)cc(C(=O)O)c1. The van der Waals surface area contributed by atoms with Crippen molar-refractivity contribution >= 4 is 56.7 Å². The first kappa shape index (κ1) is 27.4. The number of aliphatic imine (C=N–C) groups is 1. The molecule has 0 unspecified atom stereocenters. The summed E-state index contributed by atoms with van der Waals surface area (Å²) in [6.07, 6.45) is 5.08. The van der Waals surface area contributed by atoms with Gasteiger partial charge in [-0.3, -0.25) is 15.0 Å². The summed E-state index contributed by atoms with van der Waals surface area (Å²) in [6.45, 7) is 0.349. The Morgan fingerprint density at radius 2 is 1.42 bits per heavy atom. The zero-order valence-electron chi connectivity index (χ0n) is 23.5. The van der Waals surface area contributed by atoms with Crippen molar-refractivity contribution < 1.29 is 24.5 Å². The first-order chi connectivity index (χ1) is 21.9. The van der Waals surface area contributed by atoms with Gasteiger partial charge in [0.1, 0.15) is 18.2 Å². The number of fused-ring (bicyclic) bond motifs is 6. The number of imidazole rings is 1. The average Bonchev–Trinajstić information content (AvgIpc) is 3.53. The van der Waals surface area contributed by atoms with E-state index in [2.05, 4.69) is 19.9 Å². The van der Waals surface area contributed by atoms with Crippen molar-refractivity contribution in [3.8, 4) is 17.1 Å². The average molecular weight is 594 g/mol. The van der Waals surface area contributed by atoms with E-state index in [0.717, 1.165) is 61.4 Å². The van der Waals surface area contributed by atoms with Crippen LogP contribution in [0.5, 0.6) is 5.75 Å². The molecule has 0 spiro atoms. The summed E-state index contributed by atoms with van der Waals surface area (Å²) < 4.78 is 6.01. The van der Waals surface area contributed by atoms with Crippen molar-refractivity contribution in [3.63, 3.8) is 0 Å². The molecular formula is C35H23N5O5. The highest BCUT2D eigenvalue weighted by Crippen LogP contribution is 2.33. The van der Waals surface area contributed by atoms with Crippen molar-refractivity contribution in [2.75, 3.05) is 0 Å². The molecule has 218 valence electrons. The lowest BCUT2D eigenvalue weighted by Crippen LogP contribution is -2.01. The zero-order chi connectivity index (χ0) is 30.9. The second-order valence-electron chi connectivity index (χ2n) is 10.3. The molecule has 3 N–H and O–H groups in total. The fourth-order valence-corrected chi connectivity index (χ4v) is 5.14. The van der Waals surface area contributed by atoms with Crippen LogP contribution in [0.3, 0.4) is 0 Å². The Labute approximate surface area is 255 Å². The van der Waals surface area contributed by atoms with Gasteiger partial charge in [-0.15, -0.1) is 0 Å². The number of carboxylic acids is 2. The summed E-state index contributed by atoms with van der Waals surface area (Å²) in [5.41, 5.74) is 6.00. The van der Waals surface area contributed by atoms with Gasteiger partial charge in [-0.1, -0.05) is 24.3 Å². The van der Waals surface area contributed by atoms with E-state index in [0.29, 0.717) is 12.4 Å². The van der Waals surface area contributed by atoms with Gasteiger partial charge in [0.05, 0.1) is 38.9 Å². The van der Waals surface area contributed by atoms with E-state index in [1.165, 1.54) is 12.1 Å². The third-order valence-electron chi connectivity index (χ3n) is 7.36. The lowest BCUT2D eigenvalue weighted by molar-refractivity contribution is 0.0696. The van der Waals surface area contributed by atoms with Crippen LogP contribution in [0.4, 0.5) is 5.69 Å². The minimum Gasteiger partial charge on any atom is -0.489 e. The number of pyridine rings is 2. The largest absolute Gasteiger partial charge is 0.489 e. The summed E-state index contributed by atoms with van der Waals surface area (Å²) in [5, 5.41) is 20.4. The Kier molecular flexibility index (Phi) is 6.91. The van der Waals surface area contributed by atoms with E-state index >= 15 is 0 Å². The first-order valence-corrected chi connectivity index (χ1v) is 13.9. The fourth-order valence-electron chi connectivity index (χ4n) is 5.14. The molecule has 4 aromatic carbocycles. The molecule has 7 aromatic rings. The standard InChI is InChI=1S/C35H23N5O5/c41-34(42)23-15-24(35(43)44)17-25(16-23)38-18-20-5-7-21(8-6-20)19-45-26-11-9-22(10-12-26)33-39-31-27-3-1-13-36-29(27)30-28(32(31)40-33)4-2-14-37-30/h1-18H,19H2,(H,39,40)(H,41,42)(H,43,44). The van der Waals surface area contributed by atoms with Gasteiger partial charge in [0.25, 0.3) is 0 Å². The number of nitrogens with zero attached hydrogens (tertiary/aromatic N) is 4. The van der Waals surface area contributed by atoms with E-state index in [4.69, 9.17) is 9.72 Å². The number of aromatic amines is 1. The predicted octanol–water partition coefficient (Wildman–Crippen LogP) is 7.05. The number of rotatable bonds is 8. The predicted molar refractivity (Wildman–Crippen MR) is 171 cm³/mol. The maximum Gasteiger partial charge on any atom is 0.335 e. The van der Waals surface area contributed by atoms with Crippen LogP contribution in [-0.4, -0.2) is 48.3 Å². The van der Waals surface area contributed by atoms with Gasteiger partial charge in [0.15, 0.2) is 0 Å². The molecule has 0 bridgehead atoms. The first-order valence-electron chi connectivity index (χ1n) is 13.9. The molecule has 10 nitrogen and oxygen atoms in total. The molecule has 0 saturated heterocycles. The molecular weight excluding hydrogens is 570 g/mol. The topological polar surface area (TPSA) is 151 Å². The lowest BCUT2D eigenvalue weighted by Gasteiger charge is -2.07. The van der Waals surface area contributed by atoms with Gasteiger partial charge in [-0.25, -0.2) is 14.6 Å². The molecule has 10 heteroatoms. The molecule has 0 atom stereocenters. The van der Waals surface area contributed by atoms with Gasteiger partial charge in [-0.05, 0) is 77.9 Å². The van der Waals surface area contributed by atoms with Crippen molar-refractivity contribution in [2.45, 2.75) is 6.61 Å². The second kappa shape index (κ2) is 11.3. The Morgan fingerprint density at radius 1 is 0.778 bits per heavy atom. The summed E-state index contributed by atoms with van der Waals surface area (Å²) in [5.74, 6) is -0.997. The maximum atomic E-state index is 11.3. The van der Waals surface area contributed by atoms with Crippen LogP contribution in [0.2, 0.25) is 0 Å². The van der Waals surface area contributed by atoms with Crippen LogP contribution in [0, 0.1) is 0 Å². The molecule has 0 radical (unpaired) electrons. The minimum absolute atomic E-state index is 0.141. The minimum atomic E-state index is -1.22. The van der Waals surface area contributed by atoms with Crippen molar-refractivity contribution in [2.24, 2.45) is 4.99 Å². The number of H-pyrrole nitrogens is 1. The normalized spacial score (nSPS) is 11.5. The van der Waals surface area contributed by atoms with Gasteiger partial charge in [0, 0.05) is 34.9 Å². The molecule has 0 aliphatic carbocycles. The van der Waals surface area contributed by atoms with Gasteiger partial charge < -0.3 is 19.9 Å². The number of benzene rings is 4. The molecule has 0 aliphatic rings. The number of carbonyl (C=O) groups is 2. The zero-order valence-corrected chi connectivity index (χ0v) is 23.5. The van der Waals surface area contributed by atoms with Crippen LogP contribution in [0.15, 0.2) is 108 Å². The summed E-state index contributed by atoms with van der Waals surface area (Å²) in [7, 11) is 0. The quantitative estimate of drug-likeness (QED) is 0.125. The Balaban J connectivity index is 1.05. The molecule has 45 heavy (non-hydrogen) atoms. The molecule has 0 saturated carbocycles.